The number of hydrogen-bond acceptors (Lipinski definition) is 4. The van der Waals surface area contributed by atoms with Crippen molar-refractivity contribution in [1.82, 2.24) is 5.43 Å². The molecule has 0 radical (unpaired) electrons. The van der Waals surface area contributed by atoms with Gasteiger partial charge in [-0.15, -0.1) is 0 Å². The lowest BCUT2D eigenvalue weighted by Crippen LogP contribution is -2.35. The number of para-hydroxylation sites is 1. The van der Waals surface area contributed by atoms with Gasteiger partial charge in [0.15, 0.2) is 0 Å². The second-order valence-electron chi connectivity index (χ2n) is 5.13. The zero-order chi connectivity index (χ0) is 16.7. The lowest BCUT2D eigenvalue weighted by Gasteiger charge is -2.13. The number of anilines is 1. The van der Waals surface area contributed by atoms with E-state index in [1.165, 1.54) is 0 Å². The fourth-order valence-electron chi connectivity index (χ4n) is 1.98. The topological polar surface area (TPSA) is 62.7 Å². The highest BCUT2D eigenvalue weighted by atomic mass is 16.5. The molecule has 1 amide bonds. The maximum atomic E-state index is 12.1. The summed E-state index contributed by atoms with van der Waals surface area (Å²) in [4.78, 5) is 12.1. The summed E-state index contributed by atoms with van der Waals surface area (Å²) in [6, 6.07) is 16.7. The molecule has 2 N–H and O–H groups in total. The van der Waals surface area contributed by atoms with Crippen LogP contribution in [0.25, 0.3) is 0 Å². The van der Waals surface area contributed by atoms with Crippen molar-refractivity contribution in [3.63, 3.8) is 0 Å². The minimum Gasteiger partial charge on any atom is -0.497 e. The summed E-state index contributed by atoms with van der Waals surface area (Å²) in [6.07, 6.45) is 0. The van der Waals surface area contributed by atoms with Crippen molar-refractivity contribution < 1.29 is 9.53 Å². The molecule has 0 unspecified atom stereocenters. The fraction of sp³-hybridized carbons (Fsp3) is 0.222. The van der Waals surface area contributed by atoms with Crippen molar-refractivity contribution in [3.8, 4) is 5.75 Å². The first-order valence-electron chi connectivity index (χ1n) is 7.40. The molecule has 0 bridgehead atoms. The average molecular weight is 311 g/mol. The van der Waals surface area contributed by atoms with E-state index in [0.29, 0.717) is 0 Å². The zero-order valence-corrected chi connectivity index (χ0v) is 13.5. The molecule has 5 nitrogen and oxygen atoms in total. The first-order chi connectivity index (χ1) is 11.1. The van der Waals surface area contributed by atoms with Crippen LogP contribution in [0.1, 0.15) is 19.4 Å². The number of hydrazone groups is 1. The molecule has 23 heavy (non-hydrogen) atoms. The Bertz CT molecular complexity index is 666. The summed E-state index contributed by atoms with van der Waals surface area (Å²) in [7, 11) is 1.62. The van der Waals surface area contributed by atoms with Crippen LogP contribution in [0.4, 0.5) is 5.69 Å². The summed E-state index contributed by atoms with van der Waals surface area (Å²) in [6.45, 7) is 3.64. The van der Waals surface area contributed by atoms with Crippen molar-refractivity contribution in [2.45, 2.75) is 19.9 Å². The van der Waals surface area contributed by atoms with Crippen molar-refractivity contribution in [1.29, 1.82) is 0 Å². The minimum absolute atomic E-state index is 0.193. The lowest BCUT2D eigenvalue weighted by molar-refractivity contribution is -0.121. The van der Waals surface area contributed by atoms with Crippen LogP contribution in [-0.2, 0) is 4.79 Å². The fourth-order valence-corrected chi connectivity index (χ4v) is 1.98. The van der Waals surface area contributed by atoms with Gasteiger partial charge in [-0.2, -0.15) is 5.10 Å². The molecule has 1 atom stereocenters. The van der Waals surface area contributed by atoms with Gasteiger partial charge < -0.3 is 10.1 Å². The summed E-state index contributed by atoms with van der Waals surface area (Å²) in [5.41, 5.74) is 5.13. The second-order valence-corrected chi connectivity index (χ2v) is 5.13. The van der Waals surface area contributed by atoms with Gasteiger partial charge in [0.1, 0.15) is 11.8 Å². The van der Waals surface area contributed by atoms with E-state index in [9.17, 15) is 4.79 Å². The quantitative estimate of drug-likeness (QED) is 0.637. The van der Waals surface area contributed by atoms with Gasteiger partial charge in [0.2, 0.25) is 0 Å². The maximum Gasteiger partial charge on any atom is 0.262 e. The van der Waals surface area contributed by atoms with Crippen molar-refractivity contribution in [2.75, 3.05) is 12.4 Å². The lowest BCUT2D eigenvalue weighted by atomic mass is 10.1. The Kier molecular flexibility index (Phi) is 5.74. The average Bonchev–Trinajstić information content (AvgIpc) is 2.60. The number of methoxy groups -OCH3 is 1. The highest BCUT2D eigenvalue weighted by Gasteiger charge is 2.11. The van der Waals surface area contributed by atoms with Gasteiger partial charge >= 0.3 is 0 Å². The standard InChI is InChI=1S/C18H21N3O2/c1-13(15-9-11-17(23-3)12-10-15)20-21-18(22)14(2)19-16-7-5-4-6-8-16/h4-12,14,19H,1-3H3,(H,21,22)/t14-/m1/s1. The van der Waals surface area contributed by atoms with Gasteiger partial charge in [-0.3, -0.25) is 4.79 Å². The van der Waals surface area contributed by atoms with Crippen LogP contribution in [0, 0.1) is 0 Å². The second kappa shape index (κ2) is 7.98. The van der Waals surface area contributed by atoms with Crippen molar-refractivity contribution in [2.24, 2.45) is 5.10 Å². The van der Waals surface area contributed by atoms with Crippen molar-refractivity contribution >= 4 is 17.3 Å². The number of rotatable bonds is 6. The summed E-state index contributed by atoms with van der Waals surface area (Å²) in [5.74, 6) is 0.591. The number of carbonyl (C=O) groups excluding carboxylic acids is 1. The Balaban J connectivity index is 1.93. The Labute approximate surface area is 136 Å². The Morgan fingerprint density at radius 2 is 1.74 bits per heavy atom. The van der Waals surface area contributed by atoms with Crippen LogP contribution in [0.3, 0.4) is 0 Å². The van der Waals surface area contributed by atoms with Gasteiger partial charge in [0.25, 0.3) is 5.91 Å². The van der Waals surface area contributed by atoms with E-state index in [4.69, 9.17) is 4.74 Å². The number of amides is 1. The van der Waals surface area contributed by atoms with Gasteiger partial charge in [-0.05, 0) is 55.8 Å². The molecule has 0 saturated heterocycles. The summed E-state index contributed by atoms with van der Waals surface area (Å²) < 4.78 is 5.12. The number of benzene rings is 2. The molecule has 2 aromatic carbocycles. The molecule has 0 aliphatic heterocycles. The molecule has 2 rings (SSSR count). The Hall–Kier alpha value is -2.82. The van der Waals surface area contributed by atoms with Crippen LogP contribution in [0.2, 0.25) is 0 Å². The summed E-state index contributed by atoms with van der Waals surface area (Å²) >= 11 is 0. The molecule has 0 aliphatic carbocycles. The predicted octanol–water partition coefficient (Wildman–Crippen LogP) is 3.04. The number of nitrogens with zero attached hydrogens (tertiary/aromatic N) is 1. The molecule has 5 heteroatoms. The van der Waals surface area contributed by atoms with Gasteiger partial charge in [0.05, 0.1) is 12.8 Å². The van der Waals surface area contributed by atoms with Crippen molar-refractivity contribution in [3.05, 3.63) is 60.2 Å². The molecule has 0 heterocycles. The summed E-state index contributed by atoms with van der Waals surface area (Å²) in [5, 5.41) is 7.27. The highest BCUT2D eigenvalue weighted by molar-refractivity contribution is 5.99. The molecular formula is C18H21N3O2. The third-order valence-electron chi connectivity index (χ3n) is 3.39. The zero-order valence-electron chi connectivity index (χ0n) is 13.5. The molecule has 0 aliphatic rings. The van der Waals surface area contributed by atoms with Crippen LogP contribution < -0.4 is 15.5 Å². The van der Waals surface area contributed by atoms with E-state index in [-0.39, 0.29) is 11.9 Å². The largest absolute Gasteiger partial charge is 0.497 e. The predicted molar refractivity (Wildman–Crippen MR) is 92.9 cm³/mol. The van der Waals surface area contributed by atoms with E-state index in [1.54, 1.807) is 14.0 Å². The monoisotopic (exact) mass is 311 g/mol. The van der Waals surface area contributed by atoms with Crippen LogP contribution in [0.5, 0.6) is 5.75 Å². The van der Waals surface area contributed by atoms with E-state index < -0.39 is 0 Å². The molecule has 0 saturated carbocycles. The molecule has 120 valence electrons. The minimum atomic E-state index is -0.384. The third kappa shape index (κ3) is 4.85. The smallest absolute Gasteiger partial charge is 0.262 e. The van der Waals surface area contributed by atoms with Crippen LogP contribution in [0.15, 0.2) is 59.7 Å². The van der Waals surface area contributed by atoms with Gasteiger partial charge in [-0.1, -0.05) is 18.2 Å². The number of hydrogen-bond donors (Lipinski definition) is 2. The highest BCUT2D eigenvalue weighted by Crippen LogP contribution is 2.12. The third-order valence-corrected chi connectivity index (χ3v) is 3.39. The van der Waals surface area contributed by atoms with E-state index in [0.717, 1.165) is 22.7 Å². The first-order valence-corrected chi connectivity index (χ1v) is 7.40. The van der Waals surface area contributed by atoms with Crippen LogP contribution in [-0.4, -0.2) is 24.8 Å². The number of carbonyl (C=O) groups is 1. The van der Waals surface area contributed by atoms with Gasteiger partial charge in [0, 0.05) is 5.69 Å². The molecular weight excluding hydrogens is 290 g/mol. The van der Waals surface area contributed by atoms with Crippen LogP contribution >= 0.6 is 0 Å². The van der Waals surface area contributed by atoms with Gasteiger partial charge in [-0.25, -0.2) is 5.43 Å². The van der Waals surface area contributed by atoms with E-state index in [2.05, 4.69) is 15.8 Å². The number of nitrogens with one attached hydrogen (secondary N) is 2. The maximum absolute atomic E-state index is 12.1. The molecule has 0 spiro atoms. The molecule has 0 fully saturated rings. The SMILES string of the molecule is COc1ccc(C(C)=NNC(=O)[C@@H](C)Nc2ccccc2)cc1. The van der Waals surface area contributed by atoms with E-state index in [1.807, 2.05) is 61.5 Å². The Morgan fingerprint density at radius 1 is 1.09 bits per heavy atom. The number of ether oxygens (including phenoxy) is 1. The Morgan fingerprint density at radius 3 is 2.35 bits per heavy atom. The van der Waals surface area contributed by atoms with E-state index >= 15 is 0 Å². The first kappa shape index (κ1) is 16.5. The normalized spacial score (nSPS) is 12.4. The molecule has 0 aromatic heterocycles. The molecule has 2 aromatic rings.